The van der Waals surface area contributed by atoms with E-state index in [2.05, 4.69) is 5.10 Å². The summed E-state index contributed by atoms with van der Waals surface area (Å²) < 4.78 is 1.09. The molecular formula is C10H14N4O2. The fourth-order valence-electron chi connectivity index (χ4n) is 1.48. The number of amides is 1. The maximum Gasteiger partial charge on any atom is 0.267 e. The molecule has 1 amide bonds. The van der Waals surface area contributed by atoms with Gasteiger partial charge in [0.05, 0.1) is 0 Å². The van der Waals surface area contributed by atoms with Crippen LogP contribution in [0.15, 0.2) is 16.9 Å². The van der Waals surface area contributed by atoms with Crippen LogP contribution in [0.1, 0.15) is 12.8 Å². The highest BCUT2D eigenvalue weighted by molar-refractivity contribution is 5.76. The summed E-state index contributed by atoms with van der Waals surface area (Å²) in [5.41, 5.74) is 5.14. The van der Waals surface area contributed by atoms with Crippen LogP contribution in [0.2, 0.25) is 0 Å². The van der Waals surface area contributed by atoms with Gasteiger partial charge < -0.3 is 10.6 Å². The van der Waals surface area contributed by atoms with Crippen molar-refractivity contribution in [2.24, 2.45) is 0 Å². The Labute approximate surface area is 92.7 Å². The minimum Gasteiger partial charge on any atom is -0.382 e. The Bertz CT molecular complexity index is 464. The largest absolute Gasteiger partial charge is 0.382 e. The SMILES string of the molecule is CN(C(=O)Cn1nc(N)ccc1=O)C1CC1. The number of rotatable bonds is 3. The molecule has 0 radical (unpaired) electrons. The molecule has 6 heteroatoms. The molecule has 86 valence electrons. The number of anilines is 1. The Balaban J connectivity index is 2.10. The van der Waals surface area contributed by atoms with Crippen LogP contribution < -0.4 is 11.3 Å². The summed E-state index contributed by atoms with van der Waals surface area (Å²) in [5, 5.41) is 3.81. The highest BCUT2D eigenvalue weighted by Crippen LogP contribution is 2.25. The van der Waals surface area contributed by atoms with E-state index in [1.165, 1.54) is 12.1 Å². The third-order valence-electron chi connectivity index (χ3n) is 2.66. The number of aromatic nitrogens is 2. The van der Waals surface area contributed by atoms with Gasteiger partial charge in [-0.05, 0) is 18.9 Å². The van der Waals surface area contributed by atoms with Crippen LogP contribution in [-0.4, -0.2) is 33.7 Å². The normalized spacial score (nSPS) is 14.8. The summed E-state index contributed by atoms with van der Waals surface area (Å²) in [4.78, 5) is 24.8. The standard InChI is InChI=1S/C10H14N4O2/c1-13(7-2-3-7)10(16)6-14-9(15)5-4-8(11)12-14/h4-5,7H,2-3,6H2,1H3,(H2,11,12). The van der Waals surface area contributed by atoms with Gasteiger partial charge in [-0.2, -0.15) is 5.10 Å². The first-order chi connectivity index (χ1) is 7.58. The van der Waals surface area contributed by atoms with Crippen LogP contribution in [0.4, 0.5) is 5.82 Å². The van der Waals surface area contributed by atoms with Gasteiger partial charge in [0.25, 0.3) is 5.56 Å². The number of nitrogen functional groups attached to an aromatic ring is 1. The molecule has 0 aromatic carbocycles. The topological polar surface area (TPSA) is 81.2 Å². The molecule has 0 aliphatic heterocycles. The highest BCUT2D eigenvalue weighted by atomic mass is 16.2. The van der Waals surface area contributed by atoms with Gasteiger partial charge in [0.2, 0.25) is 5.91 Å². The van der Waals surface area contributed by atoms with Gasteiger partial charge in [0, 0.05) is 19.2 Å². The van der Waals surface area contributed by atoms with Crippen molar-refractivity contribution < 1.29 is 4.79 Å². The number of carbonyl (C=O) groups excluding carboxylic acids is 1. The zero-order valence-electron chi connectivity index (χ0n) is 9.09. The second-order valence-electron chi connectivity index (χ2n) is 3.99. The van der Waals surface area contributed by atoms with Crippen LogP contribution >= 0.6 is 0 Å². The Morgan fingerprint density at radius 2 is 2.31 bits per heavy atom. The monoisotopic (exact) mass is 222 g/mol. The van der Waals surface area contributed by atoms with E-state index in [4.69, 9.17) is 5.73 Å². The molecule has 16 heavy (non-hydrogen) atoms. The zero-order valence-corrected chi connectivity index (χ0v) is 9.09. The van der Waals surface area contributed by atoms with Gasteiger partial charge in [-0.3, -0.25) is 9.59 Å². The summed E-state index contributed by atoms with van der Waals surface area (Å²) in [5.74, 6) is 0.129. The molecule has 0 unspecified atom stereocenters. The molecule has 0 saturated heterocycles. The van der Waals surface area contributed by atoms with Gasteiger partial charge in [0.15, 0.2) is 0 Å². The van der Waals surface area contributed by atoms with Crippen molar-refractivity contribution in [3.05, 3.63) is 22.5 Å². The van der Waals surface area contributed by atoms with Crippen molar-refractivity contribution in [2.45, 2.75) is 25.4 Å². The molecule has 0 bridgehead atoms. The first kappa shape index (κ1) is 10.7. The molecular weight excluding hydrogens is 208 g/mol. The first-order valence-electron chi connectivity index (χ1n) is 5.17. The number of likely N-dealkylation sites (N-methyl/N-ethyl adjacent to an activating group) is 1. The van der Waals surface area contributed by atoms with Gasteiger partial charge in [-0.25, -0.2) is 4.68 Å². The lowest BCUT2D eigenvalue weighted by Crippen LogP contribution is -2.36. The fourth-order valence-corrected chi connectivity index (χ4v) is 1.48. The van der Waals surface area contributed by atoms with Gasteiger partial charge in [-0.1, -0.05) is 0 Å². The van der Waals surface area contributed by atoms with Crippen LogP contribution in [-0.2, 0) is 11.3 Å². The molecule has 1 saturated carbocycles. The van der Waals surface area contributed by atoms with Crippen molar-refractivity contribution >= 4 is 11.7 Å². The molecule has 1 heterocycles. The average Bonchev–Trinajstić information content (AvgIpc) is 3.06. The summed E-state index contributed by atoms with van der Waals surface area (Å²) in [7, 11) is 1.75. The number of carbonyl (C=O) groups is 1. The van der Waals surface area contributed by atoms with Gasteiger partial charge in [0.1, 0.15) is 12.4 Å². The maximum absolute atomic E-state index is 11.7. The van der Waals surface area contributed by atoms with Crippen molar-refractivity contribution in [2.75, 3.05) is 12.8 Å². The van der Waals surface area contributed by atoms with Crippen LogP contribution in [0.5, 0.6) is 0 Å². The lowest BCUT2D eigenvalue weighted by Gasteiger charge is -2.16. The molecule has 1 aliphatic carbocycles. The van der Waals surface area contributed by atoms with Crippen LogP contribution in [0, 0.1) is 0 Å². The Morgan fingerprint density at radius 3 is 2.94 bits per heavy atom. The summed E-state index contributed by atoms with van der Waals surface area (Å²) >= 11 is 0. The number of nitrogens with two attached hydrogens (primary N) is 1. The Kier molecular flexibility index (Phi) is 2.64. The summed E-state index contributed by atoms with van der Waals surface area (Å²) in [6, 6.07) is 3.07. The average molecular weight is 222 g/mol. The van der Waals surface area contributed by atoms with E-state index < -0.39 is 0 Å². The molecule has 1 aromatic heterocycles. The van der Waals surface area contributed by atoms with E-state index in [0.29, 0.717) is 6.04 Å². The van der Waals surface area contributed by atoms with Crippen molar-refractivity contribution in [1.29, 1.82) is 0 Å². The zero-order chi connectivity index (χ0) is 11.7. The second-order valence-corrected chi connectivity index (χ2v) is 3.99. The maximum atomic E-state index is 11.7. The molecule has 1 aliphatic rings. The molecule has 0 atom stereocenters. The van der Waals surface area contributed by atoms with Crippen LogP contribution in [0.25, 0.3) is 0 Å². The molecule has 2 rings (SSSR count). The van der Waals surface area contributed by atoms with E-state index in [1.807, 2.05) is 0 Å². The van der Waals surface area contributed by atoms with Crippen molar-refractivity contribution in [3.63, 3.8) is 0 Å². The van der Waals surface area contributed by atoms with E-state index in [1.54, 1.807) is 11.9 Å². The first-order valence-corrected chi connectivity index (χ1v) is 5.17. The minimum atomic E-state index is -0.313. The predicted molar refractivity (Wildman–Crippen MR) is 58.7 cm³/mol. The predicted octanol–water partition coefficient (Wildman–Crippen LogP) is -0.554. The second kappa shape index (κ2) is 3.96. The van der Waals surface area contributed by atoms with E-state index in [-0.39, 0.29) is 23.8 Å². The number of hydrogen-bond donors (Lipinski definition) is 1. The Morgan fingerprint density at radius 1 is 1.62 bits per heavy atom. The van der Waals surface area contributed by atoms with Gasteiger partial charge in [-0.15, -0.1) is 0 Å². The van der Waals surface area contributed by atoms with Crippen molar-refractivity contribution in [3.8, 4) is 0 Å². The lowest BCUT2D eigenvalue weighted by molar-refractivity contribution is -0.131. The molecule has 6 nitrogen and oxygen atoms in total. The van der Waals surface area contributed by atoms with E-state index in [0.717, 1.165) is 17.5 Å². The number of nitrogens with zero attached hydrogens (tertiary/aromatic N) is 3. The summed E-state index contributed by atoms with van der Waals surface area (Å²) in [6.45, 7) is -0.0448. The highest BCUT2D eigenvalue weighted by Gasteiger charge is 2.29. The quantitative estimate of drug-likeness (QED) is 0.743. The molecule has 0 spiro atoms. The van der Waals surface area contributed by atoms with Gasteiger partial charge >= 0.3 is 0 Å². The third-order valence-corrected chi connectivity index (χ3v) is 2.66. The number of hydrogen-bond acceptors (Lipinski definition) is 4. The summed E-state index contributed by atoms with van der Waals surface area (Å²) in [6.07, 6.45) is 2.09. The molecule has 1 aromatic rings. The van der Waals surface area contributed by atoms with Crippen molar-refractivity contribution in [1.82, 2.24) is 14.7 Å². The third kappa shape index (κ3) is 2.21. The minimum absolute atomic E-state index is 0.0448. The van der Waals surface area contributed by atoms with Crippen LogP contribution in [0.3, 0.4) is 0 Å². The lowest BCUT2D eigenvalue weighted by atomic mass is 10.4. The smallest absolute Gasteiger partial charge is 0.267 e. The van der Waals surface area contributed by atoms with E-state index in [9.17, 15) is 9.59 Å². The Hall–Kier alpha value is -1.85. The van der Waals surface area contributed by atoms with E-state index >= 15 is 0 Å². The molecule has 2 N–H and O–H groups in total. The molecule has 1 fully saturated rings. The fraction of sp³-hybridized carbons (Fsp3) is 0.500.